The van der Waals surface area contributed by atoms with Crippen molar-refractivity contribution in [3.63, 3.8) is 0 Å². The molecule has 0 spiro atoms. The Labute approximate surface area is 121 Å². The minimum absolute atomic E-state index is 0.0356. The van der Waals surface area contributed by atoms with E-state index in [1.54, 1.807) is 12.0 Å². The number of nitrogens with zero attached hydrogens (tertiary/aromatic N) is 1. The van der Waals surface area contributed by atoms with Crippen molar-refractivity contribution in [3.05, 3.63) is 0 Å². The Morgan fingerprint density at radius 1 is 1.40 bits per heavy atom. The van der Waals surface area contributed by atoms with Crippen molar-refractivity contribution < 1.29 is 14.3 Å². The van der Waals surface area contributed by atoms with Crippen LogP contribution in [0.25, 0.3) is 0 Å². The highest BCUT2D eigenvalue weighted by Crippen LogP contribution is 2.44. The summed E-state index contributed by atoms with van der Waals surface area (Å²) in [4.78, 5) is 27.4. The zero-order chi connectivity index (χ0) is 15.1. The number of piperazine rings is 1. The van der Waals surface area contributed by atoms with Crippen LogP contribution in [0.15, 0.2) is 0 Å². The lowest BCUT2D eigenvalue weighted by molar-refractivity contribution is -0.167. The van der Waals surface area contributed by atoms with Gasteiger partial charge in [0, 0.05) is 7.11 Å². The molecule has 0 aromatic heterocycles. The van der Waals surface area contributed by atoms with E-state index in [1.165, 1.54) is 0 Å². The minimum Gasteiger partial charge on any atom is -0.383 e. The molecule has 3 unspecified atom stereocenters. The number of hydrogen-bond donors (Lipinski definition) is 1. The Kier molecular flexibility index (Phi) is 3.84. The molecule has 5 nitrogen and oxygen atoms in total. The maximum absolute atomic E-state index is 13.0. The first-order valence-corrected chi connectivity index (χ1v) is 7.46. The van der Waals surface area contributed by atoms with Gasteiger partial charge in [0.15, 0.2) is 0 Å². The van der Waals surface area contributed by atoms with Crippen LogP contribution in [0.3, 0.4) is 0 Å². The summed E-state index contributed by atoms with van der Waals surface area (Å²) in [6.07, 6.45) is 2.62. The fourth-order valence-corrected chi connectivity index (χ4v) is 3.28. The maximum Gasteiger partial charge on any atom is 0.249 e. The lowest BCUT2D eigenvalue weighted by Crippen LogP contribution is -2.76. The molecule has 0 bridgehead atoms. The molecule has 1 N–H and O–H groups in total. The largest absolute Gasteiger partial charge is 0.383 e. The molecule has 0 radical (unpaired) electrons. The topological polar surface area (TPSA) is 58.6 Å². The van der Waals surface area contributed by atoms with Gasteiger partial charge in [-0.3, -0.25) is 9.59 Å². The van der Waals surface area contributed by atoms with Gasteiger partial charge < -0.3 is 15.0 Å². The van der Waals surface area contributed by atoms with E-state index in [1.807, 2.05) is 27.7 Å². The van der Waals surface area contributed by atoms with Gasteiger partial charge in [-0.25, -0.2) is 0 Å². The molecule has 3 atom stereocenters. The Morgan fingerprint density at radius 2 is 2.00 bits per heavy atom. The van der Waals surface area contributed by atoms with Gasteiger partial charge in [-0.15, -0.1) is 0 Å². The summed E-state index contributed by atoms with van der Waals surface area (Å²) >= 11 is 0. The second kappa shape index (κ2) is 5.02. The van der Waals surface area contributed by atoms with E-state index in [4.69, 9.17) is 4.74 Å². The second-order valence-corrected chi connectivity index (χ2v) is 6.54. The van der Waals surface area contributed by atoms with E-state index < -0.39 is 11.1 Å². The molecule has 2 fully saturated rings. The van der Waals surface area contributed by atoms with E-state index in [2.05, 4.69) is 5.32 Å². The van der Waals surface area contributed by atoms with Crippen LogP contribution in [0.1, 0.15) is 47.0 Å². The summed E-state index contributed by atoms with van der Waals surface area (Å²) in [7, 11) is 1.62. The van der Waals surface area contributed by atoms with Gasteiger partial charge in [-0.05, 0) is 46.0 Å². The average Bonchev–Trinajstić information content (AvgIpc) is 3.21. The number of carbonyl (C=O) groups is 2. The van der Waals surface area contributed by atoms with Gasteiger partial charge in [0.25, 0.3) is 0 Å². The number of rotatable bonds is 5. The van der Waals surface area contributed by atoms with Crippen molar-refractivity contribution in [1.82, 2.24) is 10.2 Å². The van der Waals surface area contributed by atoms with E-state index in [9.17, 15) is 9.59 Å². The van der Waals surface area contributed by atoms with Gasteiger partial charge in [-0.1, -0.05) is 6.92 Å². The van der Waals surface area contributed by atoms with Crippen molar-refractivity contribution >= 4 is 11.8 Å². The highest BCUT2D eigenvalue weighted by Gasteiger charge is 2.59. The lowest BCUT2D eigenvalue weighted by Gasteiger charge is -2.52. The smallest absolute Gasteiger partial charge is 0.249 e. The molecule has 1 aliphatic heterocycles. The molecule has 0 aromatic carbocycles. The van der Waals surface area contributed by atoms with Crippen molar-refractivity contribution in [2.75, 3.05) is 13.7 Å². The number of methoxy groups -OCH3 is 1. The molecule has 1 saturated heterocycles. The summed E-state index contributed by atoms with van der Waals surface area (Å²) in [6.45, 7) is 8.04. The van der Waals surface area contributed by atoms with Crippen LogP contribution < -0.4 is 5.32 Å². The third-order valence-electron chi connectivity index (χ3n) is 4.99. The lowest BCUT2D eigenvalue weighted by atomic mass is 9.82. The Hall–Kier alpha value is -1.10. The predicted molar refractivity (Wildman–Crippen MR) is 76.2 cm³/mol. The normalized spacial score (nSPS) is 36.0. The summed E-state index contributed by atoms with van der Waals surface area (Å²) in [6, 6.07) is -0.110. The Morgan fingerprint density at radius 3 is 2.45 bits per heavy atom. The SMILES string of the molecule is CCC1(C)C(=O)NC(C)(C2CC2)C(=O)N1C(C)COC. The molecule has 1 heterocycles. The first kappa shape index (κ1) is 15.3. The fourth-order valence-electron chi connectivity index (χ4n) is 3.28. The van der Waals surface area contributed by atoms with Crippen LogP contribution in [0.5, 0.6) is 0 Å². The quantitative estimate of drug-likeness (QED) is 0.827. The van der Waals surface area contributed by atoms with E-state index in [0.29, 0.717) is 13.0 Å². The molecule has 2 amide bonds. The third kappa shape index (κ3) is 2.12. The zero-order valence-electron chi connectivity index (χ0n) is 13.2. The van der Waals surface area contributed by atoms with E-state index >= 15 is 0 Å². The summed E-state index contributed by atoms with van der Waals surface area (Å²) in [5.74, 6) is 0.267. The van der Waals surface area contributed by atoms with Crippen molar-refractivity contribution in [3.8, 4) is 0 Å². The molecule has 20 heavy (non-hydrogen) atoms. The number of hydrogen-bond acceptors (Lipinski definition) is 3. The predicted octanol–water partition coefficient (Wildman–Crippen LogP) is 1.32. The highest BCUT2D eigenvalue weighted by molar-refractivity contribution is 6.02. The number of nitrogens with one attached hydrogen (secondary N) is 1. The molecule has 0 aromatic rings. The first-order valence-electron chi connectivity index (χ1n) is 7.46. The maximum atomic E-state index is 13.0. The third-order valence-corrected chi connectivity index (χ3v) is 4.99. The number of ether oxygens (including phenoxy) is 1. The fraction of sp³-hybridized carbons (Fsp3) is 0.867. The second-order valence-electron chi connectivity index (χ2n) is 6.54. The minimum atomic E-state index is -0.788. The molecule has 2 rings (SSSR count). The van der Waals surface area contributed by atoms with E-state index in [-0.39, 0.29) is 23.8 Å². The van der Waals surface area contributed by atoms with Gasteiger partial charge in [0.2, 0.25) is 11.8 Å². The van der Waals surface area contributed by atoms with Crippen LogP contribution in [-0.2, 0) is 14.3 Å². The number of carbonyl (C=O) groups excluding carboxylic acids is 2. The Bertz CT molecular complexity index is 421. The summed E-state index contributed by atoms with van der Waals surface area (Å²) < 4.78 is 5.20. The van der Waals surface area contributed by atoms with Crippen LogP contribution in [0.2, 0.25) is 0 Å². The van der Waals surface area contributed by atoms with Gasteiger partial charge in [0.05, 0.1) is 12.6 Å². The van der Waals surface area contributed by atoms with Crippen LogP contribution in [-0.4, -0.2) is 47.6 Å². The molecular formula is C15H26N2O3. The number of amides is 2. The molecule has 2 aliphatic rings. The van der Waals surface area contributed by atoms with Gasteiger partial charge in [0.1, 0.15) is 11.1 Å². The van der Waals surface area contributed by atoms with Gasteiger partial charge in [-0.2, -0.15) is 0 Å². The first-order chi connectivity index (χ1) is 9.31. The molecule has 1 saturated carbocycles. The van der Waals surface area contributed by atoms with Crippen molar-refractivity contribution in [2.24, 2.45) is 5.92 Å². The summed E-state index contributed by atoms with van der Waals surface area (Å²) in [5, 5.41) is 3.00. The molecule has 114 valence electrons. The van der Waals surface area contributed by atoms with Gasteiger partial charge >= 0.3 is 0 Å². The van der Waals surface area contributed by atoms with Crippen molar-refractivity contribution in [2.45, 2.75) is 64.1 Å². The molecule has 1 aliphatic carbocycles. The van der Waals surface area contributed by atoms with Crippen LogP contribution in [0, 0.1) is 5.92 Å². The molecular weight excluding hydrogens is 256 g/mol. The molecule has 5 heteroatoms. The Balaban J connectivity index is 2.38. The summed E-state index contributed by atoms with van der Waals surface area (Å²) in [5.41, 5.74) is -1.53. The monoisotopic (exact) mass is 282 g/mol. The highest BCUT2D eigenvalue weighted by atomic mass is 16.5. The van der Waals surface area contributed by atoms with Crippen LogP contribution in [0.4, 0.5) is 0 Å². The zero-order valence-corrected chi connectivity index (χ0v) is 13.2. The standard InChI is InChI=1S/C15H26N2O3/c1-6-14(3)12(18)16-15(4,11-7-8-11)13(19)17(14)10(2)9-20-5/h10-11H,6-9H2,1-5H3,(H,16,18). The van der Waals surface area contributed by atoms with Crippen molar-refractivity contribution in [1.29, 1.82) is 0 Å². The average molecular weight is 282 g/mol. The van der Waals surface area contributed by atoms with Crippen LogP contribution >= 0.6 is 0 Å². The van der Waals surface area contributed by atoms with E-state index in [0.717, 1.165) is 12.8 Å².